The molecule has 1 aromatic heterocycles. The molecule has 2 aromatic rings. The highest BCUT2D eigenvalue weighted by Gasteiger charge is 2.43. The van der Waals surface area contributed by atoms with Gasteiger partial charge in [-0.1, -0.05) is 18.6 Å². The van der Waals surface area contributed by atoms with Crippen molar-refractivity contribution in [3.05, 3.63) is 40.4 Å². The molecule has 2 aliphatic heterocycles. The average Bonchev–Trinajstić information content (AvgIpc) is 2.82. The van der Waals surface area contributed by atoms with Crippen molar-refractivity contribution in [1.82, 2.24) is 14.5 Å². The lowest BCUT2D eigenvalue weighted by Crippen LogP contribution is -2.46. The summed E-state index contributed by atoms with van der Waals surface area (Å²) in [6, 6.07) is 7.92. The molecule has 0 spiro atoms. The van der Waals surface area contributed by atoms with Crippen LogP contribution < -0.4 is 5.56 Å². The standard InChI is InChI=1S/C19H21N3O2/c23-18(12-4-3-5-12)22-13-8-9-14(22)11-21-17(10-13)20-16-7-2-1-6-15(16)19(21)24/h1-2,6-7,12-14H,3-5,8-11H2/t13-,14-/m0/s1. The smallest absolute Gasteiger partial charge is 0.261 e. The summed E-state index contributed by atoms with van der Waals surface area (Å²) in [5, 5.41) is 0.677. The number of aromatic nitrogens is 2. The molecule has 1 aliphatic carbocycles. The van der Waals surface area contributed by atoms with Crippen LogP contribution in [0, 0.1) is 5.92 Å². The Morgan fingerprint density at radius 2 is 1.88 bits per heavy atom. The van der Waals surface area contributed by atoms with Gasteiger partial charge in [-0.3, -0.25) is 14.2 Å². The number of hydrogen-bond acceptors (Lipinski definition) is 3. The van der Waals surface area contributed by atoms with Crippen LogP contribution in [0.3, 0.4) is 0 Å². The van der Waals surface area contributed by atoms with Crippen molar-refractivity contribution in [2.24, 2.45) is 5.92 Å². The van der Waals surface area contributed by atoms with E-state index < -0.39 is 0 Å². The Morgan fingerprint density at radius 1 is 1.08 bits per heavy atom. The van der Waals surface area contributed by atoms with E-state index >= 15 is 0 Å². The van der Waals surface area contributed by atoms with Crippen LogP contribution in [0.1, 0.15) is 37.9 Å². The number of nitrogens with zero attached hydrogens (tertiary/aromatic N) is 3. The summed E-state index contributed by atoms with van der Waals surface area (Å²) < 4.78 is 1.83. The molecule has 0 N–H and O–H groups in total. The molecule has 2 bridgehead atoms. The third-order valence-corrected chi connectivity index (χ3v) is 6.08. The van der Waals surface area contributed by atoms with Gasteiger partial charge in [0.15, 0.2) is 0 Å². The molecular weight excluding hydrogens is 302 g/mol. The summed E-state index contributed by atoms with van der Waals surface area (Å²) in [6.07, 6.45) is 5.97. The number of benzene rings is 1. The Balaban J connectivity index is 1.58. The maximum atomic E-state index is 12.9. The van der Waals surface area contributed by atoms with E-state index in [1.165, 1.54) is 6.42 Å². The second-order valence-electron chi connectivity index (χ2n) is 7.42. The lowest BCUT2D eigenvalue weighted by atomic mass is 9.84. The molecule has 1 aromatic carbocycles. The van der Waals surface area contributed by atoms with E-state index in [1.807, 2.05) is 28.8 Å². The largest absolute Gasteiger partial charge is 0.334 e. The van der Waals surface area contributed by atoms with Crippen LogP contribution in [0.15, 0.2) is 29.1 Å². The highest BCUT2D eigenvalue weighted by molar-refractivity contribution is 5.81. The van der Waals surface area contributed by atoms with Gasteiger partial charge in [0.25, 0.3) is 5.56 Å². The predicted molar refractivity (Wildman–Crippen MR) is 90.7 cm³/mol. The van der Waals surface area contributed by atoms with Gasteiger partial charge in [-0.05, 0) is 37.8 Å². The van der Waals surface area contributed by atoms with Gasteiger partial charge in [-0.2, -0.15) is 0 Å². The van der Waals surface area contributed by atoms with Crippen LogP contribution in [0.2, 0.25) is 0 Å². The third kappa shape index (κ3) is 1.96. The maximum Gasteiger partial charge on any atom is 0.261 e. The average molecular weight is 323 g/mol. The first-order valence-corrected chi connectivity index (χ1v) is 9.03. The Kier molecular flexibility index (Phi) is 3.05. The van der Waals surface area contributed by atoms with Gasteiger partial charge in [0.2, 0.25) is 5.91 Å². The molecule has 2 atom stereocenters. The zero-order valence-electron chi connectivity index (χ0n) is 13.6. The number of hydrogen-bond donors (Lipinski definition) is 0. The summed E-state index contributed by atoms with van der Waals surface area (Å²) in [4.78, 5) is 32.6. The van der Waals surface area contributed by atoms with Crippen LogP contribution >= 0.6 is 0 Å². The van der Waals surface area contributed by atoms with Gasteiger partial charge in [0.1, 0.15) is 5.82 Å². The molecule has 0 radical (unpaired) electrons. The Bertz CT molecular complexity index is 884. The topological polar surface area (TPSA) is 55.2 Å². The van der Waals surface area contributed by atoms with Crippen LogP contribution in [0.25, 0.3) is 10.9 Å². The maximum absolute atomic E-state index is 12.9. The summed E-state index contributed by atoms with van der Waals surface area (Å²) in [5.41, 5.74) is 0.808. The number of rotatable bonds is 1. The quantitative estimate of drug-likeness (QED) is 0.808. The van der Waals surface area contributed by atoms with Crippen molar-refractivity contribution < 1.29 is 4.79 Å². The van der Waals surface area contributed by atoms with E-state index in [9.17, 15) is 9.59 Å². The van der Waals surface area contributed by atoms with Crippen LogP contribution in [-0.4, -0.2) is 32.4 Å². The molecule has 1 amide bonds. The lowest BCUT2D eigenvalue weighted by molar-refractivity contribution is -0.141. The molecule has 24 heavy (non-hydrogen) atoms. The van der Waals surface area contributed by atoms with Crippen molar-refractivity contribution in [1.29, 1.82) is 0 Å². The fraction of sp³-hybridized carbons (Fsp3) is 0.526. The molecule has 1 saturated heterocycles. The van der Waals surface area contributed by atoms with Gasteiger partial charge >= 0.3 is 0 Å². The fourth-order valence-electron chi connectivity index (χ4n) is 4.55. The molecule has 3 aliphatic rings. The molecule has 0 unspecified atom stereocenters. The van der Waals surface area contributed by atoms with Gasteiger partial charge in [0.05, 0.1) is 16.9 Å². The number of carbonyl (C=O) groups excluding carboxylic acids is 1. The van der Waals surface area contributed by atoms with Crippen LogP contribution in [0.4, 0.5) is 0 Å². The minimum atomic E-state index is 0.0409. The number of para-hydroxylation sites is 1. The Morgan fingerprint density at radius 3 is 2.67 bits per heavy atom. The molecule has 1 saturated carbocycles. The zero-order valence-corrected chi connectivity index (χ0v) is 13.6. The summed E-state index contributed by atoms with van der Waals surface area (Å²) in [7, 11) is 0. The molecule has 3 heterocycles. The molecule has 5 heteroatoms. The van der Waals surface area contributed by atoms with E-state index in [1.54, 1.807) is 0 Å². The third-order valence-electron chi connectivity index (χ3n) is 6.08. The highest BCUT2D eigenvalue weighted by atomic mass is 16.2. The van der Waals surface area contributed by atoms with Crippen molar-refractivity contribution in [2.75, 3.05) is 0 Å². The van der Waals surface area contributed by atoms with E-state index in [0.717, 1.165) is 37.0 Å². The summed E-state index contributed by atoms with van der Waals surface area (Å²) in [6.45, 7) is 0.598. The highest BCUT2D eigenvalue weighted by Crippen LogP contribution is 2.36. The van der Waals surface area contributed by atoms with Crippen LogP contribution in [-0.2, 0) is 17.8 Å². The first-order valence-electron chi connectivity index (χ1n) is 9.03. The summed E-state index contributed by atoms with van der Waals surface area (Å²) >= 11 is 0. The van der Waals surface area contributed by atoms with Gasteiger partial charge in [0, 0.05) is 24.9 Å². The zero-order chi connectivity index (χ0) is 16.3. The first-order chi connectivity index (χ1) is 11.7. The second kappa shape index (κ2) is 5.16. The fourth-order valence-corrected chi connectivity index (χ4v) is 4.55. The number of amides is 1. The van der Waals surface area contributed by atoms with Gasteiger partial charge < -0.3 is 4.90 Å². The molecule has 124 valence electrons. The van der Waals surface area contributed by atoms with Crippen molar-refractivity contribution >= 4 is 16.8 Å². The van der Waals surface area contributed by atoms with Crippen molar-refractivity contribution in [3.63, 3.8) is 0 Å². The van der Waals surface area contributed by atoms with Crippen LogP contribution in [0.5, 0.6) is 0 Å². The second-order valence-corrected chi connectivity index (χ2v) is 7.42. The lowest BCUT2D eigenvalue weighted by Gasteiger charge is -2.35. The van der Waals surface area contributed by atoms with E-state index in [2.05, 4.69) is 4.90 Å². The van der Waals surface area contributed by atoms with E-state index in [4.69, 9.17) is 4.98 Å². The molecule has 2 fully saturated rings. The van der Waals surface area contributed by atoms with E-state index in [0.29, 0.717) is 24.3 Å². The number of carbonyl (C=O) groups is 1. The minimum absolute atomic E-state index is 0.0409. The molecular formula is C19H21N3O2. The molecule has 5 nitrogen and oxygen atoms in total. The summed E-state index contributed by atoms with van der Waals surface area (Å²) in [5.74, 6) is 1.38. The predicted octanol–water partition coefficient (Wildman–Crippen LogP) is 2.11. The van der Waals surface area contributed by atoms with Crippen molar-refractivity contribution in [3.8, 4) is 0 Å². The molecule has 5 rings (SSSR count). The normalized spacial score (nSPS) is 26.1. The van der Waals surface area contributed by atoms with Gasteiger partial charge in [-0.15, -0.1) is 0 Å². The van der Waals surface area contributed by atoms with Gasteiger partial charge in [-0.25, -0.2) is 4.98 Å². The number of fused-ring (bicyclic) bond motifs is 4. The van der Waals surface area contributed by atoms with E-state index in [-0.39, 0.29) is 23.6 Å². The Labute approximate surface area is 140 Å². The SMILES string of the molecule is O=C(C1CCC1)N1[C@H]2CC[C@H]1Cn1c(nc3ccccc3c1=O)C2. The first kappa shape index (κ1) is 14.2. The van der Waals surface area contributed by atoms with Crippen molar-refractivity contribution in [2.45, 2.75) is 57.2 Å². The minimum Gasteiger partial charge on any atom is -0.334 e. The Hall–Kier alpha value is -2.17. The monoisotopic (exact) mass is 323 g/mol.